The number of aromatic nitrogens is 1. The minimum atomic E-state index is -0.381. The summed E-state index contributed by atoms with van der Waals surface area (Å²) in [5.74, 6) is -0.194. The van der Waals surface area contributed by atoms with Gasteiger partial charge in [-0.05, 0) is 29.5 Å². The molecule has 2 aromatic carbocycles. The summed E-state index contributed by atoms with van der Waals surface area (Å²) in [5, 5.41) is 2.12. The summed E-state index contributed by atoms with van der Waals surface area (Å²) in [7, 11) is 0. The Morgan fingerprint density at radius 1 is 0.957 bits per heavy atom. The second-order valence-corrected chi connectivity index (χ2v) is 5.85. The first-order valence-electron chi connectivity index (χ1n) is 7.76. The summed E-state index contributed by atoms with van der Waals surface area (Å²) in [6, 6.07) is 19.1. The number of pyridine rings is 1. The van der Waals surface area contributed by atoms with Crippen LogP contribution in [0.5, 0.6) is 0 Å². The average Bonchev–Trinajstić information content (AvgIpc) is 2.59. The number of rotatable bonds is 4. The molecule has 3 heteroatoms. The van der Waals surface area contributed by atoms with Gasteiger partial charge in [0, 0.05) is 11.6 Å². The summed E-state index contributed by atoms with van der Waals surface area (Å²) in [6.45, 7) is 4.07. The van der Waals surface area contributed by atoms with Crippen LogP contribution in [-0.4, -0.2) is 11.0 Å². The molecule has 1 atom stereocenters. The van der Waals surface area contributed by atoms with E-state index in [1.165, 1.54) is 0 Å². The Morgan fingerprint density at radius 2 is 1.65 bits per heavy atom. The smallest absolute Gasteiger partial charge is 0.338 e. The molecule has 0 amide bonds. The molecule has 0 fully saturated rings. The van der Waals surface area contributed by atoms with Gasteiger partial charge in [-0.25, -0.2) is 4.79 Å². The van der Waals surface area contributed by atoms with E-state index in [2.05, 4.69) is 4.98 Å². The van der Waals surface area contributed by atoms with Gasteiger partial charge in [-0.1, -0.05) is 56.3 Å². The van der Waals surface area contributed by atoms with Gasteiger partial charge in [0.2, 0.25) is 0 Å². The fourth-order valence-corrected chi connectivity index (χ4v) is 2.63. The Morgan fingerprint density at radius 3 is 2.39 bits per heavy atom. The number of ether oxygens (including phenoxy) is 1. The zero-order chi connectivity index (χ0) is 16.2. The molecule has 3 aromatic rings. The van der Waals surface area contributed by atoms with Crippen molar-refractivity contribution in [2.75, 3.05) is 0 Å². The van der Waals surface area contributed by atoms with Gasteiger partial charge in [-0.15, -0.1) is 0 Å². The highest BCUT2D eigenvalue weighted by atomic mass is 16.5. The number of benzene rings is 2. The van der Waals surface area contributed by atoms with Gasteiger partial charge >= 0.3 is 5.97 Å². The molecule has 0 aliphatic carbocycles. The Kier molecular flexibility index (Phi) is 4.38. The van der Waals surface area contributed by atoms with Crippen molar-refractivity contribution in [1.82, 2.24) is 4.98 Å². The highest BCUT2D eigenvalue weighted by Crippen LogP contribution is 2.30. The Hall–Kier alpha value is -2.68. The lowest BCUT2D eigenvalue weighted by Gasteiger charge is -2.22. The molecule has 0 bridgehead atoms. The maximum absolute atomic E-state index is 12.4. The van der Waals surface area contributed by atoms with Gasteiger partial charge in [0.1, 0.15) is 6.10 Å². The SMILES string of the molecule is CC(C)[C@@H](OC(=O)c1ccccc1)c1nccc2ccccc12. The third-order valence-electron chi connectivity index (χ3n) is 3.82. The Bertz CT molecular complexity index is 807. The zero-order valence-electron chi connectivity index (χ0n) is 13.3. The van der Waals surface area contributed by atoms with E-state index in [9.17, 15) is 4.79 Å². The van der Waals surface area contributed by atoms with Gasteiger partial charge in [0.25, 0.3) is 0 Å². The maximum Gasteiger partial charge on any atom is 0.338 e. The van der Waals surface area contributed by atoms with Crippen LogP contribution in [0.25, 0.3) is 10.8 Å². The first-order valence-corrected chi connectivity index (χ1v) is 7.76. The number of carbonyl (C=O) groups is 1. The van der Waals surface area contributed by atoms with Crippen LogP contribution in [0.2, 0.25) is 0 Å². The Labute approximate surface area is 135 Å². The van der Waals surface area contributed by atoms with Crippen molar-refractivity contribution < 1.29 is 9.53 Å². The lowest BCUT2D eigenvalue weighted by molar-refractivity contribution is 0.0168. The van der Waals surface area contributed by atoms with E-state index in [4.69, 9.17) is 4.74 Å². The van der Waals surface area contributed by atoms with Gasteiger partial charge in [0.05, 0.1) is 11.3 Å². The Balaban J connectivity index is 1.97. The summed E-state index contributed by atoms with van der Waals surface area (Å²) < 4.78 is 5.79. The number of nitrogens with zero attached hydrogens (tertiary/aromatic N) is 1. The number of esters is 1. The van der Waals surface area contributed by atoms with E-state index in [1.807, 2.05) is 62.4 Å². The first-order chi connectivity index (χ1) is 11.2. The van der Waals surface area contributed by atoms with Crippen molar-refractivity contribution in [2.45, 2.75) is 20.0 Å². The van der Waals surface area contributed by atoms with Crippen molar-refractivity contribution >= 4 is 16.7 Å². The normalized spacial score (nSPS) is 12.3. The van der Waals surface area contributed by atoms with Crippen LogP contribution in [0, 0.1) is 5.92 Å². The molecule has 3 rings (SSSR count). The van der Waals surface area contributed by atoms with Gasteiger partial charge in [-0.3, -0.25) is 4.98 Å². The molecule has 0 radical (unpaired) electrons. The molecule has 0 saturated carbocycles. The van der Waals surface area contributed by atoms with Crippen LogP contribution in [0.15, 0.2) is 66.9 Å². The number of carbonyl (C=O) groups excluding carboxylic acids is 1. The monoisotopic (exact) mass is 305 g/mol. The van der Waals surface area contributed by atoms with Crippen molar-refractivity contribution in [2.24, 2.45) is 5.92 Å². The molecule has 0 spiro atoms. The maximum atomic E-state index is 12.4. The largest absolute Gasteiger partial charge is 0.452 e. The number of fused-ring (bicyclic) bond motifs is 1. The van der Waals surface area contributed by atoms with Crippen molar-refractivity contribution in [3.63, 3.8) is 0 Å². The molecule has 23 heavy (non-hydrogen) atoms. The summed E-state index contributed by atoms with van der Waals surface area (Å²) >= 11 is 0. The van der Waals surface area contributed by atoms with E-state index < -0.39 is 0 Å². The van der Waals surface area contributed by atoms with E-state index >= 15 is 0 Å². The van der Waals surface area contributed by atoms with Crippen LogP contribution >= 0.6 is 0 Å². The zero-order valence-corrected chi connectivity index (χ0v) is 13.3. The van der Waals surface area contributed by atoms with Crippen molar-refractivity contribution in [1.29, 1.82) is 0 Å². The molecule has 1 aromatic heterocycles. The number of hydrogen-bond acceptors (Lipinski definition) is 3. The van der Waals surface area contributed by atoms with Gasteiger partial charge < -0.3 is 4.74 Å². The van der Waals surface area contributed by atoms with E-state index in [0.29, 0.717) is 5.56 Å². The lowest BCUT2D eigenvalue weighted by Crippen LogP contribution is -2.18. The molecular weight excluding hydrogens is 286 g/mol. The second-order valence-electron chi connectivity index (χ2n) is 5.85. The second kappa shape index (κ2) is 6.61. The highest BCUT2D eigenvalue weighted by molar-refractivity contribution is 5.90. The molecule has 116 valence electrons. The van der Waals surface area contributed by atoms with Crippen LogP contribution in [0.3, 0.4) is 0 Å². The molecule has 0 aliphatic heterocycles. The van der Waals surface area contributed by atoms with Gasteiger partial charge in [0.15, 0.2) is 0 Å². The third-order valence-corrected chi connectivity index (χ3v) is 3.82. The molecule has 1 heterocycles. The molecule has 3 nitrogen and oxygen atoms in total. The topological polar surface area (TPSA) is 39.2 Å². The van der Waals surface area contributed by atoms with Crippen LogP contribution < -0.4 is 0 Å². The van der Waals surface area contributed by atoms with Crippen molar-refractivity contribution in [3.8, 4) is 0 Å². The summed E-state index contributed by atoms with van der Waals surface area (Å²) in [4.78, 5) is 16.9. The predicted molar refractivity (Wildman–Crippen MR) is 91.2 cm³/mol. The van der Waals surface area contributed by atoms with E-state index in [-0.39, 0.29) is 18.0 Å². The van der Waals surface area contributed by atoms with E-state index in [1.54, 1.807) is 18.3 Å². The molecule has 0 unspecified atom stereocenters. The quantitative estimate of drug-likeness (QED) is 0.651. The minimum Gasteiger partial charge on any atom is -0.452 e. The third kappa shape index (κ3) is 3.24. The fraction of sp³-hybridized carbons (Fsp3) is 0.200. The molecule has 0 N–H and O–H groups in total. The molecule has 0 saturated heterocycles. The molecule has 0 aliphatic rings. The highest BCUT2D eigenvalue weighted by Gasteiger charge is 2.24. The summed E-state index contributed by atoms with van der Waals surface area (Å²) in [5.41, 5.74) is 1.36. The van der Waals surface area contributed by atoms with Crippen molar-refractivity contribution in [3.05, 3.63) is 78.1 Å². The fourth-order valence-electron chi connectivity index (χ4n) is 2.63. The van der Waals surface area contributed by atoms with Crippen LogP contribution in [0.1, 0.15) is 36.0 Å². The lowest BCUT2D eigenvalue weighted by atomic mass is 9.98. The first kappa shape index (κ1) is 15.2. The number of hydrogen-bond donors (Lipinski definition) is 0. The summed E-state index contributed by atoms with van der Waals surface area (Å²) in [6.07, 6.45) is 1.39. The van der Waals surface area contributed by atoms with Gasteiger partial charge in [-0.2, -0.15) is 0 Å². The minimum absolute atomic E-state index is 0.126. The standard InChI is InChI=1S/C20H19NO2/c1-14(2)19(23-20(22)16-9-4-3-5-10-16)18-17-11-7-6-8-15(17)12-13-21-18/h3-14,19H,1-2H3/t19-/m1/s1. The van der Waals surface area contributed by atoms with Crippen LogP contribution in [-0.2, 0) is 4.74 Å². The average molecular weight is 305 g/mol. The predicted octanol–water partition coefficient (Wildman–Crippen LogP) is 4.79. The van der Waals surface area contributed by atoms with E-state index in [0.717, 1.165) is 16.5 Å². The molecular formula is C20H19NO2. The van der Waals surface area contributed by atoms with Crippen LogP contribution in [0.4, 0.5) is 0 Å².